The van der Waals surface area contributed by atoms with E-state index in [9.17, 15) is 0 Å². The minimum atomic E-state index is -0.222. The maximum absolute atomic E-state index is 8.89. The number of nitrogens with one attached hydrogen (secondary N) is 1. The smallest absolute Gasteiger partial charge is 0.0684 e. The average molecular weight is 210 g/mol. The predicted octanol–water partition coefficient (Wildman–Crippen LogP) is 1.68. The van der Waals surface area contributed by atoms with Gasteiger partial charge in [-0.3, -0.25) is 0 Å². The highest BCUT2D eigenvalue weighted by Gasteiger charge is 2.41. The van der Waals surface area contributed by atoms with Gasteiger partial charge in [-0.05, 0) is 51.5 Å². The largest absolute Gasteiger partial charge is 0.396 e. The number of nitrogens with zero attached hydrogens (tertiary/aromatic N) is 1. The number of nitriles is 1. The maximum atomic E-state index is 8.89. The average Bonchev–Trinajstić information content (AvgIpc) is 2.94. The van der Waals surface area contributed by atoms with E-state index in [4.69, 9.17) is 10.4 Å². The molecule has 0 atom stereocenters. The second-order valence-electron chi connectivity index (χ2n) is 5.40. The first-order valence-electron chi connectivity index (χ1n) is 5.76. The van der Waals surface area contributed by atoms with Crippen molar-refractivity contribution in [2.45, 2.75) is 39.5 Å². The van der Waals surface area contributed by atoms with Crippen molar-refractivity contribution in [2.24, 2.45) is 10.8 Å². The van der Waals surface area contributed by atoms with Crippen molar-refractivity contribution in [2.75, 3.05) is 19.7 Å². The molecule has 3 heteroatoms. The standard InChI is InChI=1S/C12H22N2O/c1-11(2,9-13)5-7-14-10-12(3-4-12)6-8-15/h14-15H,3-8,10H2,1-2H3. The van der Waals surface area contributed by atoms with Gasteiger partial charge in [0, 0.05) is 13.2 Å². The number of aliphatic hydroxyl groups is 1. The predicted molar refractivity (Wildman–Crippen MR) is 60.3 cm³/mol. The van der Waals surface area contributed by atoms with Crippen LogP contribution in [0, 0.1) is 22.2 Å². The normalized spacial score (nSPS) is 18.5. The molecule has 1 rings (SSSR count). The van der Waals surface area contributed by atoms with Gasteiger partial charge in [0.2, 0.25) is 0 Å². The Kier molecular flexibility index (Phi) is 4.12. The Morgan fingerprint density at radius 3 is 2.60 bits per heavy atom. The molecule has 0 spiro atoms. The zero-order chi connectivity index (χ0) is 11.4. The number of hydrogen-bond acceptors (Lipinski definition) is 3. The monoisotopic (exact) mass is 210 g/mol. The summed E-state index contributed by atoms with van der Waals surface area (Å²) in [4.78, 5) is 0. The molecule has 2 N–H and O–H groups in total. The molecule has 0 aromatic rings. The summed E-state index contributed by atoms with van der Waals surface area (Å²) < 4.78 is 0. The van der Waals surface area contributed by atoms with E-state index >= 15 is 0 Å². The molecule has 0 amide bonds. The highest BCUT2D eigenvalue weighted by molar-refractivity contribution is 4.95. The lowest BCUT2D eigenvalue weighted by Gasteiger charge is -2.18. The van der Waals surface area contributed by atoms with Crippen LogP contribution in [0.3, 0.4) is 0 Å². The molecule has 1 aliphatic carbocycles. The molecule has 0 aliphatic heterocycles. The summed E-state index contributed by atoms with van der Waals surface area (Å²) in [5, 5.41) is 21.1. The molecule has 0 unspecified atom stereocenters. The first-order valence-corrected chi connectivity index (χ1v) is 5.76. The van der Waals surface area contributed by atoms with Gasteiger partial charge >= 0.3 is 0 Å². The fourth-order valence-corrected chi connectivity index (χ4v) is 1.74. The quantitative estimate of drug-likeness (QED) is 0.629. The Balaban J connectivity index is 2.10. The molecular formula is C12H22N2O. The van der Waals surface area contributed by atoms with Gasteiger partial charge in [-0.15, -0.1) is 0 Å². The zero-order valence-corrected chi connectivity index (χ0v) is 9.84. The van der Waals surface area contributed by atoms with Crippen LogP contribution < -0.4 is 5.32 Å². The van der Waals surface area contributed by atoms with E-state index in [1.54, 1.807) is 0 Å². The van der Waals surface area contributed by atoms with E-state index in [-0.39, 0.29) is 5.41 Å². The van der Waals surface area contributed by atoms with E-state index in [1.807, 2.05) is 13.8 Å². The second-order valence-corrected chi connectivity index (χ2v) is 5.40. The van der Waals surface area contributed by atoms with E-state index in [0.29, 0.717) is 12.0 Å². The van der Waals surface area contributed by atoms with E-state index in [2.05, 4.69) is 11.4 Å². The molecule has 86 valence electrons. The molecular weight excluding hydrogens is 188 g/mol. The van der Waals surface area contributed by atoms with Crippen LogP contribution in [0.25, 0.3) is 0 Å². The summed E-state index contributed by atoms with van der Waals surface area (Å²) in [5.74, 6) is 0. The first kappa shape index (κ1) is 12.5. The van der Waals surface area contributed by atoms with Crippen LogP contribution in [-0.4, -0.2) is 24.8 Å². The second kappa shape index (κ2) is 4.96. The van der Waals surface area contributed by atoms with Crippen LogP contribution in [0.5, 0.6) is 0 Å². The molecule has 0 saturated heterocycles. The minimum Gasteiger partial charge on any atom is -0.396 e. The number of aliphatic hydroxyl groups excluding tert-OH is 1. The molecule has 0 aromatic carbocycles. The first-order chi connectivity index (χ1) is 7.04. The molecule has 1 aliphatic rings. The van der Waals surface area contributed by atoms with Crippen LogP contribution >= 0.6 is 0 Å². The summed E-state index contributed by atoms with van der Waals surface area (Å²) in [5.41, 5.74) is 0.159. The number of rotatable bonds is 7. The van der Waals surface area contributed by atoms with E-state index < -0.39 is 0 Å². The van der Waals surface area contributed by atoms with Gasteiger partial charge in [0.25, 0.3) is 0 Å². The SMILES string of the molecule is CC(C)(C#N)CCNCC1(CCO)CC1. The summed E-state index contributed by atoms with van der Waals surface area (Å²) in [6, 6.07) is 2.30. The molecule has 0 radical (unpaired) electrons. The Morgan fingerprint density at radius 1 is 1.47 bits per heavy atom. The van der Waals surface area contributed by atoms with Gasteiger partial charge in [-0.25, -0.2) is 0 Å². The lowest BCUT2D eigenvalue weighted by molar-refractivity contribution is 0.244. The van der Waals surface area contributed by atoms with Crippen LogP contribution in [0.15, 0.2) is 0 Å². The third-order valence-corrected chi connectivity index (χ3v) is 3.33. The van der Waals surface area contributed by atoms with Crippen molar-refractivity contribution in [3.05, 3.63) is 0 Å². The van der Waals surface area contributed by atoms with Gasteiger partial charge in [0.15, 0.2) is 0 Å². The molecule has 0 bridgehead atoms. The highest BCUT2D eigenvalue weighted by atomic mass is 16.3. The van der Waals surface area contributed by atoms with Crippen LogP contribution in [0.1, 0.15) is 39.5 Å². The molecule has 3 nitrogen and oxygen atoms in total. The molecule has 0 aromatic heterocycles. The van der Waals surface area contributed by atoms with Gasteiger partial charge in [0.1, 0.15) is 0 Å². The Bertz CT molecular complexity index is 238. The van der Waals surface area contributed by atoms with Crippen molar-refractivity contribution in [3.63, 3.8) is 0 Å². The fourth-order valence-electron chi connectivity index (χ4n) is 1.74. The van der Waals surface area contributed by atoms with Crippen molar-refractivity contribution in [1.29, 1.82) is 5.26 Å². The van der Waals surface area contributed by atoms with Crippen molar-refractivity contribution < 1.29 is 5.11 Å². The molecule has 15 heavy (non-hydrogen) atoms. The Labute approximate surface area is 92.5 Å². The zero-order valence-electron chi connectivity index (χ0n) is 9.84. The molecule has 1 saturated carbocycles. The van der Waals surface area contributed by atoms with Crippen molar-refractivity contribution >= 4 is 0 Å². The van der Waals surface area contributed by atoms with Crippen LogP contribution in [0.2, 0.25) is 0 Å². The number of hydrogen-bond donors (Lipinski definition) is 2. The summed E-state index contributed by atoms with van der Waals surface area (Å²) in [6.07, 6.45) is 4.28. The lowest BCUT2D eigenvalue weighted by atomic mass is 9.91. The molecule has 1 fully saturated rings. The van der Waals surface area contributed by atoms with Crippen molar-refractivity contribution in [1.82, 2.24) is 5.32 Å². The topological polar surface area (TPSA) is 56.0 Å². The van der Waals surface area contributed by atoms with Crippen molar-refractivity contribution in [3.8, 4) is 6.07 Å². The lowest BCUT2D eigenvalue weighted by Crippen LogP contribution is -2.28. The van der Waals surface area contributed by atoms with Crippen LogP contribution in [0.4, 0.5) is 0 Å². The molecule has 0 heterocycles. The van der Waals surface area contributed by atoms with Crippen LogP contribution in [-0.2, 0) is 0 Å². The fraction of sp³-hybridized carbons (Fsp3) is 0.917. The van der Waals surface area contributed by atoms with E-state index in [0.717, 1.165) is 25.9 Å². The van der Waals surface area contributed by atoms with Gasteiger partial charge in [-0.1, -0.05) is 0 Å². The Hall–Kier alpha value is -0.590. The third-order valence-electron chi connectivity index (χ3n) is 3.33. The van der Waals surface area contributed by atoms with Gasteiger partial charge in [-0.2, -0.15) is 5.26 Å². The van der Waals surface area contributed by atoms with Gasteiger partial charge < -0.3 is 10.4 Å². The maximum Gasteiger partial charge on any atom is 0.0684 e. The summed E-state index contributed by atoms with van der Waals surface area (Å²) >= 11 is 0. The highest BCUT2D eigenvalue weighted by Crippen LogP contribution is 2.47. The third kappa shape index (κ3) is 4.19. The minimum absolute atomic E-state index is 0.222. The summed E-state index contributed by atoms with van der Waals surface area (Å²) in [6.45, 7) is 6.12. The van der Waals surface area contributed by atoms with Gasteiger partial charge in [0.05, 0.1) is 11.5 Å². The van der Waals surface area contributed by atoms with E-state index in [1.165, 1.54) is 12.8 Å². The summed E-state index contributed by atoms with van der Waals surface area (Å²) in [7, 11) is 0. The Morgan fingerprint density at radius 2 is 2.13 bits per heavy atom.